The van der Waals surface area contributed by atoms with Crippen LogP contribution in [0.15, 0.2) is 17.1 Å². The first-order valence-corrected chi connectivity index (χ1v) is 9.27. The standard InChI is InChI=1S/C19H22FN3O3/c1-2-26-19(25)14-11-23(12-6-7-12)17-13(16(14)24)10-15(20)18(21-17)22-8-4-3-5-9-22/h10-12H,2-9H2,1H3. The number of aromatic nitrogens is 2. The molecule has 2 aliphatic rings. The molecule has 0 aromatic carbocycles. The quantitative estimate of drug-likeness (QED) is 0.785. The van der Waals surface area contributed by atoms with Gasteiger partial charge in [-0.05, 0) is 45.1 Å². The molecule has 1 aliphatic heterocycles. The van der Waals surface area contributed by atoms with Gasteiger partial charge in [0.15, 0.2) is 11.6 Å². The fraction of sp³-hybridized carbons (Fsp3) is 0.526. The zero-order valence-electron chi connectivity index (χ0n) is 14.8. The number of rotatable bonds is 4. The molecule has 0 spiro atoms. The Hall–Kier alpha value is -2.44. The van der Waals surface area contributed by atoms with Crippen LogP contribution in [-0.4, -0.2) is 35.2 Å². The van der Waals surface area contributed by atoms with Gasteiger partial charge >= 0.3 is 5.97 Å². The van der Waals surface area contributed by atoms with Gasteiger partial charge in [-0.3, -0.25) is 4.79 Å². The summed E-state index contributed by atoms with van der Waals surface area (Å²) in [6.45, 7) is 3.40. The minimum Gasteiger partial charge on any atom is -0.462 e. The summed E-state index contributed by atoms with van der Waals surface area (Å²) in [7, 11) is 0. The van der Waals surface area contributed by atoms with Gasteiger partial charge in [0.25, 0.3) is 0 Å². The van der Waals surface area contributed by atoms with Gasteiger partial charge in [0.2, 0.25) is 5.43 Å². The van der Waals surface area contributed by atoms with Crippen molar-refractivity contribution in [3.63, 3.8) is 0 Å². The van der Waals surface area contributed by atoms with Crippen LogP contribution in [0.4, 0.5) is 10.2 Å². The number of ether oxygens (including phenoxy) is 1. The van der Waals surface area contributed by atoms with Crippen LogP contribution in [0.3, 0.4) is 0 Å². The Bertz CT molecular complexity index is 914. The predicted molar refractivity (Wildman–Crippen MR) is 96.3 cm³/mol. The van der Waals surface area contributed by atoms with Crippen LogP contribution in [0.2, 0.25) is 0 Å². The van der Waals surface area contributed by atoms with Crippen LogP contribution < -0.4 is 10.3 Å². The van der Waals surface area contributed by atoms with Gasteiger partial charge in [0.05, 0.1) is 12.0 Å². The molecule has 1 saturated heterocycles. The van der Waals surface area contributed by atoms with E-state index < -0.39 is 17.2 Å². The molecule has 0 unspecified atom stereocenters. The Balaban J connectivity index is 1.89. The van der Waals surface area contributed by atoms with E-state index in [0.29, 0.717) is 11.5 Å². The molecular formula is C19H22FN3O3. The summed E-state index contributed by atoms with van der Waals surface area (Å²) >= 11 is 0. The lowest BCUT2D eigenvalue weighted by Gasteiger charge is -2.28. The number of hydrogen-bond donors (Lipinski definition) is 0. The van der Waals surface area contributed by atoms with E-state index in [2.05, 4.69) is 4.98 Å². The van der Waals surface area contributed by atoms with Gasteiger partial charge in [0.1, 0.15) is 11.2 Å². The van der Waals surface area contributed by atoms with E-state index in [0.717, 1.165) is 45.2 Å². The second-order valence-electron chi connectivity index (χ2n) is 6.94. The van der Waals surface area contributed by atoms with E-state index in [1.807, 2.05) is 9.47 Å². The molecule has 6 nitrogen and oxygen atoms in total. The number of fused-ring (bicyclic) bond motifs is 1. The zero-order chi connectivity index (χ0) is 18.3. The van der Waals surface area contributed by atoms with Crippen molar-refractivity contribution in [1.29, 1.82) is 0 Å². The van der Waals surface area contributed by atoms with E-state index in [4.69, 9.17) is 4.74 Å². The summed E-state index contributed by atoms with van der Waals surface area (Å²) in [5.41, 5.74) is -0.127. The highest BCUT2D eigenvalue weighted by atomic mass is 19.1. The molecule has 2 fully saturated rings. The summed E-state index contributed by atoms with van der Waals surface area (Å²) in [6, 6.07) is 1.43. The number of piperidine rings is 1. The molecule has 7 heteroatoms. The molecule has 0 amide bonds. The van der Waals surface area contributed by atoms with E-state index in [1.54, 1.807) is 6.92 Å². The third-order valence-electron chi connectivity index (χ3n) is 5.03. The normalized spacial score (nSPS) is 17.5. The number of nitrogens with zero attached hydrogens (tertiary/aromatic N) is 3. The molecule has 1 aliphatic carbocycles. The molecule has 4 rings (SSSR count). The summed E-state index contributed by atoms with van der Waals surface area (Å²) in [5, 5.41) is 0.140. The minimum absolute atomic E-state index is 0.0572. The third kappa shape index (κ3) is 2.95. The van der Waals surface area contributed by atoms with Gasteiger partial charge in [-0.25, -0.2) is 14.2 Å². The molecule has 2 aromatic heterocycles. The molecule has 3 heterocycles. The molecule has 1 saturated carbocycles. The van der Waals surface area contributed by atoms with Crippen LogP contribution in [0, 0.1) is 5.82 Å². The van der Waals surface area contributed by atoms with Gasteiger partial charge in [-0.1, -0.05) is 0 Å². The number of anilines is 1. The topological polar surface area (TPSA) is 64.4 Å². The van der Waals surface area contributed by atoms with Crippen molar-refractivity contribution in [2.24, 2.45) is 0 Å². The predicted octanol–water partition coefficient (Wildman–Crippen LogP) is 3.04. The summed E-state index contributed by atoms with van der Waals surface area (Å²) < 4.78 is 21.6. The number of esters is 1. The van der Waals surface area contributed by atoms with Crippen LogP contribution in [0.5, 0.6) is 0 Å². The van der Waals surface area contributed by atoms with Gasteiger partial charge in [-0.15, -0.1) is 0 Å². The van der Waals surface area contributed by atoms with Gasteiger partial charge in [0, 0.05) is 25.3 Å². The first kappa shape index (κ1) is 17.0. The highest BCUT2D eigenvalue weighted by Crippen LogP contribution is 2.37. The van der Waals surface area contributed by atoms with Crippen LogP contribution in [0.1, 0.15) is 55.4 Å². The molecule has 0 atom stereocenters. The second kappa shape index (κ2) is 6.70. The average molecular weight is 359 g/mol. The molecule has 0 N–H and O–H groups in total. The summed E-state index contributed by atoms with van der Waals surface area (Å²) in [4.78, 5) is 31.4. The molecule has 138 valence electrons. The maximum Gasteiger partial charge on any atom is 0.343 e. The van der Waals surface area contributed by atoms with Crippen molar-refractivity contribution in [2.45, 2.75) is 45.1 Å². The zero-order valence-corrected chi connectivity index (χ0v) is 14.8. The van der Waals surface area contributed by atoms with Crippen molar-refractivity contribution < 1.29 is 13.9 Å². The van der Waals surface area contributed by atoms with Crippen molar-refractivity contribution in [3.05, 3.63) is 33.9 Å². The van der Waals surface area contributed by atoms with Crippen molar-refractivity contribution in [1.82, 2.24) is 9.55 Å². The van der Waals surface area contributed by atoms with Crippen molar-refractivity contribution in [3.8, 4) is 0 Å². The number of carbonyl (C=O) groups is 1. The first-order chi connectivity index (χ1) is 12.6. The highest BCUT2D eigenvalue weighted by molar-refractivity contribution is 5.93. The number of halogens is 1. The van der Waals surface area contributed by atoms with E-state index >= 15 is 0 Å². The Morgan fingerprint density at radius 2 is 2.04 bits per heavy atom. The molecule has 0 radical (unpaired) electrons. The van der Waals surface area contributed by atoms with Gasteiger partial charge in [-0.2, -0.15) is 0 Å². The maximum atomic E-state index is 14.7. The van der Waals surface area contributed by atoms with Crippen LogP contribution in [0.25, 0.3) is 11.0 Å². The summed E-state index contributed by atoms with van der Waals surface area (Å²) in [5.74, 6) is -0.885. The fourth-order valence-electron chi connectivity index (χ4n) is 3.55. The highest BCUT2D eigenvalue weighted by Gasteiger charge is 2.29. The van der Waals surface area contributed by atoms with Crippen molar-refractivity contribution in [2.75, 3.05) is 24.6 Å². The Morgan fingerprint density at radius 3 is 2.69 bits per heavy atom. The SMILES string of the molecule is CCOC(=O)c1cn(C2CC2)c2nc(N3CCCCC3)c(F)cc2c1=O. The van der Waals surface area contributed by atoms with Crippen LogP contribution in [-0.2, 0) is 4.74 Å². The number of carbonyl (C=O) groups excluding carboxylic acids is 1. The van der Waals surface area contributed by atoms with E-state index in [9.17, 15) is 14.0 Å². The van der Waals surface area contributed by atoms with E-state index in [-0.39, 0.29) is 23.6 Å². The summed E-state index contributed by atoms with van der Waals surface area (Å²) in [6.07, 6.45) is 6.61. The molecular weight excluding hydrogens is 337 g/mol. The van der Waals surface area contributed by atoms with E-state index in [1.165, 1.54) is 12.3 Å². The molecule has 2 aromatic rings. The fourth-order valence-corrected chi connectivity index (χ4v) is 3.55. The largest absolute Gasteiger partial charge is 0.462 e. The average Bonchev–Trinajstić information content (AvgIpc) is 3.48. The Labute approximate surface area is 150 Å². The Morgan fingerprint density at radius 1 is 1.31 bits per heavy atom. The lowest BCUT2D eigenvalue weighted by Crippen LogP contribution is -2.31. The van der Waals surface area contributed by atoms with Crippen LogP contribution >= 0.6 is 0 Å². The monoisotopic (exact) mass is 359 g/mol. The lowest BCUT2D eigenvalue weighted by molar-refractivity contribution is 0.0524. The Kier molecular flexibility index (Phi) is 4.38. The molecule has 26 heavy (non-hydrogen) atoms. The number of hydrogen-bond acceptors (Lipinski definition) is 5. The smallest absolute Gasteiger partial charge is 0.343 e. The molecule has 0 bridgehead atoms. The van der Waals surface area contributed by atoms with Gasteiger partial charge < -0.3 is 14.2 Å². The lowest BCUT2D eigenvalue weighted by atomic mass is 10.1. The first-order valence-electron chi connectivity index (χ1n) is 9.27. The maximum absolute atomic E-state index is 14.7. The van der Waals surface area contributed by atoms with Crippen molar-refractivity contribution >= 4 is 22.8 Å². The third-order valence-corrected chi connectivity index (χ3v) is 5.03. The minimum atomic E-state index is -0.672. The number of pyridine rings is 2. The second-order valence-corrected chi connectivity index (χ2v) is 6.94.